The summed E-state index contributed by atoms with van der Waals surface area (Å²) in [5.74, 6) is -1.53. The van der Waals surface area contributed by atoms with Gasteiger partial charge in [-0.05, 0) is 72.8 Å². The third-order valence-electron chi connectivity index (χ3n) is 7.99. The number of hydrogen-bond donors (Lipinski definition) is 1. The summed E-state index contributed by atoms with van der Waals surface area (Å²) < 4.78 is 45.6. The predicted octanol–water partition coefficient (Wildman–Crippen LogP) is 5.92. The van der Waals surface area contributed by atoms with Crippen LogP contribution in [0, 0.1) is 11.6 Å². The number of pyridine rings is 2. The highest BCUT2D eigenvalue weighted by atomic mass is 79.9. The zero-order chi connectivity index (χ0) is 39.6. The summed E-state index contributed by atoms with van der Waals surface area (Å²) in [5, 5.41) is 3.39. The summed E-state index contributed by atoms with van der Waals surface area (Å²) in [4.78, 5) is 60.4. The van der Waals surface area contributed by atoms with Crippen LogP contribution >= 0.6 is 15.9 Å². The number of aromatic nitrogens is 2. The number of morpholine rings is 2. The maximum Gasteiger partial charge on any atom is 0.339 e. The molecular formula is C38H41BrF2N6O8. The van der Waals surface area contributed by atoms with Crippen LogP contribution < -0.4 is 10.2 Å². The summed E-state index contributed by atoms with van der Waals surface area (Å²) in [5.41, 5.74) is 3.44. The van der Waals surface area contributed by atoms with Gasteiger partial charge in [-0.25, -0.2) is 28.0 Å². The van der Waals surface area contributed by atoms with Gasteiger partial charge in [0.25, 0.3) is 0 Å². The van der Waals surface area contributed by atoms with Gasteiger partial charge in [-0.15, -0.1) is 0 Å². The third kappa shape index (κ3) is 13.4. The van der Waals surface area contributed by atoms with E-state index in [2.05, 4.69) is 40.7 Å². The van der Waals surface area contributed by atoms with Crippen molar-refractivity contribution in [1.82, 2.24) is 19.8 Å². The highest BCUT2D eigenvalue weighted by molar-refractivity contribution is 9.08. The SMILES string of the molecule is COC(=O)c1ccc(CBr)nc1.COC(=O)c1ccc(CN(C(=O)N2CCOCC2)c2ccc(F)cc2)nc1.O=C(Nc1ccc(F)cc1)N1CCOCC1. The van der Waals surface area contributed by atoms with Gasteiger partial charge in [0.15, 0.2) is 0 Å². The molecule has 6 rings (SSSR count). The maximum atomic E-state index is 13.3. The van der Waals surface area contributed by atoms with Crippen LogP contribution in [0.4, 0.5) is 29.7 Å². The van der Waals surface area contributed by atoms with Crippen molar-refractivity contribution in [3.05, 3.63) is 119 Å². The highest BCUT2D eigenvalue weighted by Crippen LogP contribution is 2.20. The molecule has 4 aromatic rings. The van der Waals surface area contributed by atoms with Crippen molar-refractivity contribution in [2.75, 3.05) is 77.0 Å². The number of rotatable bonds is 7. The quantitative estimate of drug-likeness (QED) is 0.176. The van der Waals surface area contributed by atoms with E-state index < -0.39 is 5.97 Å². The predicted molar refractivity (Wildman–Crippen MR) is 202 cm³/mol. The number of carbonyl (C=O) groups is 4. The van der Waals surface area contributed by atoms with Crippen molar-refractivity contribution in [2.45, 2.75) is 11.9 Å². The monoisotopic (exact) mass is 826 g/mol. The van der Waals surface area contributed by atoms with E-state index in [9.17, 15) is 28.0 Å². The van der Waals surface area contributed by atoms with Gasteiger partial charge in [0, 0.05) is 55.3 Å². The van der Waals surface area contributed by atoms with Crippen LogP contribution in [0.25, 0.3) is 0 Å². The van der Waals surface area contributed by atoms with Crippen LogP contribution in [0.15, 0.2) is 85.2 Å². The number of methoxy groups -OCH3 is 2. The fraction of sp³-hybridized carbons (Fsp3) is 0.316. The van der Waals surface area contributed by atoms with Gasteiger partial charge in [0.1, 0.15) is 11.6 Å². The van der Waals surface area contributed by atoms with E-state index in [1.165, 1.54) is 67.9 Å². The van der Waals surface area contributed by atoms with Crippen LogP contribution in [0.3, 0.4) is 0 Å². The molecule has 2 aliphatic rings. The topological polar surface area (TPSA) is 153 Å². The van der Waals surface area contributed by atoms with Crippen LogP contribution in [0.1, 0.15) is 32.1 Å². The van der Waals surface area contributed by atoms with Gasteiger partial charge in [0.05, 0.1) is 69.7 Å². The van der Waals surface area contributed by atoms with Gasteiger partial charge >= 0.3 is 24.0 Å². The number of urea groups is 2. The number of anilines is 2. The lowest BCUT2D eigenvalue weighted by molar-refractivity contribution is 0.0548. The lowest BCUT2D eigenvalue weighted by atomic mass is 10.2. The molecule has 2 saturated heterocycles. The number of hydrogen-bond acceptors (Lipinski definition) is 10. The van der Waals surface area contributed by atoms with E-state index >= 15 is 0 Å². The molecule has 14 nitrogen and oxygen atoms in total. The van der Waals surface area contributed by atoms with Crippen molar-refractivity contribution in [3.8, 4) is 0 Å². The van der Waals surface area contributed by atoms with Crippen LogP contribution in [-0.2, 0) is 30.8 Å². The maximum absolute atomic E-state index is 13.3. The Labute approximate surface area is 325 Å². The number of carbonyl (C=O) groups excluding carboxylic acids is 4. The van der Waals surface area contributed by atoms with Crippen molar-refractivity contribution >= 4 is 51.3 Å². The number of nitrogens with zero attached hydrogens (tertiary/aromatic N) is 5. The minimum Gasteiger partial charge on any atom is -0.465 e. The molecule has 0 saturated carbocycles. The smallest absolute Gasteiger partial charge is 0.339 e. The summed E-state index contributed by atoms with van der Waals surface area (Å²) in [6.45, 7) is 4.44. The molecule has 0 radical (unpaired) electrons. The first-order valence-corrected chi connectivity index (χ1v) is 18.2. The van der Waals surface area contributed by atoms with E-state index in [4.69, 9.17) is 9.47 Å². The highest BCUT2D eigenvalue weighted by Gasteiger charge is 2.25. The summed E-state index contributed by atoms with van der Waals surface area (Å²) >= 11 is 3.26. The summed E-state index contributed by atoms with van der Waals surface area (Å²) in [7, 11) is 2.65. The number of esters is 2. The lowest BCUT2D eigenvalue weighted by Gasteiger charge is -2.33. The largest absolute Gasteiger partial charge is 0.465 e. The van der Waals surface area contributed by atoms with E-state index in [1.807, 2.05) is 0 Å². The molecule has 4 amide bonds. The summed E-state index contributed by atoms with van der Waals surface area (Å²) in [6.07, 6.45) is 2.91. The molecule has 2 fully saturated rings. The molecule has 0 bridgehead atoms. The average molecular weight is 828 g/mol. The number of halogens is 3. The second kappa shape index (κ2) is 22.0. The minimum atomic E-state index is -0.478. The molecule has 0 aliphatic carbocycles. The van der Waals surface area contributed by atoms with Crippen molar-refractivity contribution in [2.24, 2.45) is 0 Å². The van der Waals surface area contributed by atoms with Crippen LogP contribution in [0.2, 0.25) is 0 Å². The molecule has 0 unspecified atom stereocenters. The Bertz CT molecular complexity index is 1830. The number of ether oxygens (including phenoxy) is 4. The fourth-order valence-electron chi connectivity index (χ4n) is 4.98. The molecular weight excluding hydrogens is 786 g/mol. The first-order valence-electron chi connectivity index (χ1n) is 17.0. The molecule has 17 heteroatoms. The summed E-state index contributed by atoms with van der Waals surface area (Å²) in [6, 6.07) is 17.8. The van der Waals surface area contributed by atoms with Gasteiger partial charge in [0.2, 0.25) is 0 Å². The van der Waals surface area contributed by atoms with Gasteiger partial charge in [-0.2, -0.15) is 0 Å². The van der Waals surface area contributed by atoms with E-state index in [-0.39, 0.29) is 36.2 Å². The fourth-order valence-corrected chi connectivity index (χ4v) is 5.31. The minimum absolute atomic E-state index is 0.171. The number of alkyl halides is 1. The first-order chi connectivity index (χ1) is 26.6. The van der Waals surface area contributed by atoms with Crippen LogP contribution in [0.5, 0.6) is 0 Å². The lowest BCUT2D eigenvalue weighted by Crippen LogP contribution is -2.48. The van der Waals surface area contributed by atoms with Gasteiger partial charge in [-0.1, -0.05) is 15.9 Å². The Hall–Kier alpha value is -5.52. The molecule has 2 aromatic heterocycles. The third-order valence-corrected chi connectivity index (χ3v) is 8.57. The molecule has 4 heterocycles. The second-order valence-electron chi connectivity index (χ2n) is 11.7. The normalized spacial score (nSPS) is 13.5. The zero-order valence-electron chi connectivity index (χ0n) is 30.3. The van der Waals surface area contributed by atoms with Crippen molar-refractivity contribution in [1.29, 1.82) is 0 Å². The first kappa shape index (κ1) is 42.2. The zero-order valence-corrected chi connectivity index (χ0v) is 31.9. The van der Waals surface area contributed by atoms with Crippen molar-refractivity contribution in [3.63, 3.8) is 0 Å². The van der Waals surface area contributed by atoms with Crippen LogP contribution in [-0.4, -0.2) is 111 Å². The van der Waals surface area contributed by atoms with Gasteiger partial charge < -0.3 is 34.1 Å². The van der Waals surface area contributed by atoms with E-state index in [0.29, 0.717) is 86.1 Å². The van der Waals surface area contributed by atoms with Crippen molar-refractivity contribution < 1.29 is 46.9 Å². The number of nitrogens with one attached hydrogen (secondary N) is 1. The van der Waals surface area contributed by atoms with E-state index in [1.54, 1.807) is 46.2 Å². The molecule has 2 aliphatic heterocycles. The second-order valence-corrected chi connectivity index (χ2v) is 12.2. The van der Waals surface area contributed by atoms with E-state index in [0.717, 1.165) is 5.69 Å². The Morgan fingerprint density at radius 2 is 1.18 bits per heavy atom. The Balaban J connectivity index is 0.000000203. The molecule has 0 atom stereocenters. The molecule has 0 spiro atoms. The molecule has 55 heavy (non-hydrogen) atoms. The van der Waals surface area contributed by atoms with Gasteiger partial charge in [-0.3, -0.25) is 14.9 Å². The Kier molecular flexibility index (Phi) is 16.9. The Morgan fingerprint density at radius 1 is 0.709 bits per heavy atom. The molecule has 1 N–H and O–H groups in total. The molecule has 292 valence electrons. The standard InChI is InChI=1S/C19H20FN3O4.C11H13FN2O2.C8H8BrNO2/c1-26-18(24)14-2-5-16(21-12-14)13-23(17-6-3-15(20)4-7-17)19(25)22-8-10-27-11-9-22;12-9-1-3-10(4-2-9)13-11(15)14-5-7-16-8-6-14;1-12-8(11)6-2-3-7(4-9)10-5-6/h2-7,12H,8-11,13H2,1H3;1-4H,5-8H2,(H,13,15);2-3,5H,4H2,1H3. The Morgan fingerprint density at radius 3 is 1.64 bits per heavy atom. The number of amides is 4. The average Bonchev–Trinajstić information content (AvgIpc) is 3.24. The number of benzene rings is 2. The molecule has 2 aromatic carbocycles.